The van der Waals surface area contributed by atoms with E-state index in [4.69, 9.17) is 34.8 Å². The normalized spacial score (nSPS) is 13.0. The number of aryl methyl sites for hydroxylation is 1. The van der Waals surface area contributed by atoms with E-state index in [9.17, 15) is 8.42 Å². The van der Waals surface area contributed by atoms with E-state index >= 15 is 0 Å². The quantitative estimate of drug-likeness (QED) is 0.797. The summed E-state index contributed by atoms with van der Waals surface area (Å²) in [5.41, 5.74) is 0. The number of alkyl halides is 3. The highest BCUT2D eigenvalue weighted by Crippen LogP contribution is 2.26. The minimum absolute atomic E-state index is 0.351. The molecule has 0 saturated heterocycles. The lowest BCUT2D eigenvalue weighted by atomic mass is 10.5. The summed E-state index contributed by atoms with van der Waals surface area (Å²) in [7, 11) is -3.99. The molecule has 1 rings (SSSR count). The molecule has 0 amide bonds. The Kier molecular flexibility index (Phi) is 4.48. The van der Waals surface area contributed by atoms with Gasteiger partial charge >= 0.3 is 10.3 Å². The fourth-order valence-electron chi connectivity index (χ4n) is 0.972. The number of hydrogen-bond donors (Lipinski definition) is 0. The van der Waals surface area contributed by atoms with Gasteiger partial charge in [0.1, 0.15) is 12.4 Å². The van der Waals surface area contributed by atoms with Crippen molar-refractivity contribution in [2.24, 2.45) is 0 Å². The van der Waals surface area contributed by atoms with E-state index in [2.05, 4.69) is 9.17 Å². The number of halogens is 3. The molecular weight excluding hydrogens is 299 g/mol. The summed E-state index contributed by atoms with van der Waals surface area (Å²) in [6.07, 6.45) is 3.07. The van der Waals surface area contributed by atoms with E-state index in [1.165, 1.54) is 12.4 Å². The molecule has 0 saturated carbocycles. The van der Waals surface area contributed by atoms with Crippen LogP contribution in [0.4, 0.5) is 0 Å². The summed E-state index contributed by atoms with van der Waals surface area (Å²) in [5, 5.41) is 0. The van der Waals surface area contributed by atoms with Crippen molar-refractivity contribution in [2.45, 2.75) is 17.1 Å². The molecule has 0 fully saturated rings. The molecule has 0 aromatic carbocycles. The topological polar surface area (TPSA) is 61.2 Å². The zero-order valence-corrected chi connectivity index (χ0v) is 11.3. The first-order chi connectivity index (χ1) is 7.26. The second kappa shape index (κ2) is 5.10. The molecule has 0 N–H and O–H groups in total. The summed E-state index contributed by atoms with van der Waals surface area (Å²) in [5.74, 6) is 0.351. The molecule has 0 aliphatic carbocycles. The standard InChI is InChI=1S/C7H9Cl3N2O3S/c1-2-6-11-3-4-12(6)16(13,14)15-5-7(8,9)10/h3-4H,2,5H2,1H3. The number of imidazole rings is 1. The first-order valence-electron chi connectivity index (χ1n) is 4.25. The second-order valence-electron chi connectivity index (χ2n) is 2.83. The fourth-order valence-corrected chi connectivity index (χ4v) is 2.41. The lowest BCUT2D eigenvalue weighted by Crippen LogP contribution is -2.23. The molecule has 92 valence electrons. The molecule has 16 heavy (non-hydrogen) atoms. The summed E-state index contributed by atoms with van der Waals surface area (Å²) < 4.78 is 27.0. The molecule has 0 aliphatic heterocycles. The first-order valence-corrected chi connectivity index (χ1v) is 6.75. The van der Waals surface area contributed by atoms with Crippen LogP contribution in [0.2, 0.25) is 0 Å². The number of rotatable bonds is 4. The fraction of sp³-hybridized carbons (Fsp3) is 0.571. The third-order valence-corrected chi connectivity index (χ3v) is 3.17. The van der Waals surface area contributed by atoms with Crippen LogP contribution >= 0.6 is 34.8 Å². The average molecular weight is 308 g/mol. The summed E-state index contributed by atoms with van der Waals surface area (Å²) in [6.45, 7) is 1.21. The maximum atomic E-state index is 11.6. The summed E-state index contributed by atoms with van der Waals surface area (Å²) in [6, 6.07) is 0. The Morgan fingerprint density at radius 2 is 2.12 bits per heavy atom. The smallest absolute Gasteiger partial charge is 0.249 e. The highest BCUT2D eigenvalue weighted by atomic mass is 35.6. The Morgan fingerprint density at radius 1 is 1.50 bits per heavy atom. The van der Waals surface area contributed by atoms with Crippen LogP contribution in [0.5, 0.6) is 0 Å². The Hall–Kier alpha value is -0.0100. The van der Waals surface area contributed by atoms with Gasteiger partial charge < -0.3 is 0 Å². The molecule has 1 aromatic rings. The van der Waals surface area contributed by atoms with Crippen molar-refractivity contribution in [3.05, 3.63) is 18.2 Å². The Bertz CT molecular complexity index is 452. The molecule has 1 heterocycles. The van der Waals surface area contributed by atoms with Crippen molar-refractivity contribution in [3.8, 4) is 0 Å². The van der Waals surface area contributed by atoms with E-state index in [0.717, 1.165) is 3.97 Å². The van der Waals surface area contributed by atoms with Crippen LogP contribution in [0.1, 0.15) is 12.7 Å². The summed E-state index contributed by atoms with van der Waals surface area (Å²) in [4.78, 5) is 3.85. The molecule has 1 aromatic heterocycles. The molecule has 0 atom stereocenters. The Morgan fingerprint density at radius 3 is 2.62 bits per heavy atom. The van der Waals surface area contributed by atoms with E-state index < -0.39 is 20.7 Å². The maximum Gasteiger partial charge on any atom is 0.367 e. The van der Waals surface area contributed by atoms with Gasteiger partial charge in [0, 0.05) is 18.8 Å². The second-order valence-corrected chi connectivity index (χ2v) is 6.83. The van der Waals surface area contributed by atoms with Crippen molar-refractivity contribution < 1.29 is 12.6 Å². The minimum Gasteiger partial charge on any atom is -0.249 e. The van der Waals surface area contributed by atoms with Gasteiger partial charge in [0.15, 0.2) is 0 Å². The van der Waals surface area contributed by atoms with Gasteiger partial charge in [-0.1, -0.05) is 41.7 Å². The van der Waals surface area contributed by atoms with Gasteiger partial charge in [0.25, 0.3) is 0 Å². The first kappa shape index (κ1) is 14.1. The average Bonchev–Trinajstić information content (AvgIpc) is 2.62. The van der Waals surface area contributed by atoms with E-state index in [-0.39, 0.29) is 0 Å². The highest BCUT2D eigenvalue weighted by molar-refractivity contribution is 7.85. The van der Waals surface area contributed by atoms with E-state index in [1.807, 2.05) is 0 Å². The van der Waals surface area contributed by atoms with Crippen molar-refractivity contribution >= 4 is 45.1 Å². The predicted molar refractivity (Wildman–Crippen MR) is 62.2 cm³/mol. The van der Waals surface area contributed by atoms with Gasteiger partial charge in [-0.2, -0.15) is 8.42 Å². The minimum atomic E-state index is -3.99. The molecule has 0 unspecified atom stereocenters. The lowest BCUT2D eigenvalue weighted by Gasteiger charge is -2.12. The lowest BCUT2D eigenvalue weighted by molar-refractivity contribution is 0.319. The van der Waals surface area contributed by atoms with Gasteiger partial charge in [-0.15, -0.1) is 0 Å². The van der Waals surface area contributed by atoms with Crippen LogP contribution in [0.15, 0.2) is 12.4 Å². The SMILES string of the molecule is CCc1nccn1S(=O)(=O)OCC(Cl)(Cl)Cl. The van der Waals surface area contributed by atoms with Gasteiger partial charge in [-0.05, 0) is 0 Å². The molecule has 5 nitrogen and oxygen atoms in total. The Labute approximate surface area is 109 Å². The highest BCUT2D eigenvalue weighted by Gasteiger charge is 2.26. The molecule has 0 spiro atoms. The molecular formula is C7H9Cl3N2O3S. The van der Waals surface area contributed by atoms with Crippen molar-refractivity contribution in [1.29, 1.82) is 0 Å². The van der Waals surface area contributed by atoms with Crippen LogP contribution in [0, 0.1) is 0 Å². The maximum absolute atomic E-state index is 11.6. The van der Waals surface area contributed by atoms with Gasteiger partial charge in [-0.25, -0.2) is 13.1 Å². The van der Waals surface area contributed by atoms with Gasteiger partial charge in [0.2, 0.25) is 3.79 Å². The van der Waals surface area contributed by atoms with Crippen LogP contribution in [-0.4, -0.2) is 27.8 Å². The van der Waals surface area contributed by atoms with E-state index in [0.29, 0.717) is 12.2 Å². The molecule has 9 heteroatoms. The van der Waals surface area contributed by atoms with Crippen LogP contribution < -0.4 is 0 Å². The Balaban J connectivity index is 2.87. The zero-order chi connectivity index (χ0) is 12.4. The number of aromatic nitrogens is 2. The van der Waals surface area contributed by atoms with Gasteiger partial charge in [-0.3, -0.25) is 0 Å². The van der Waals surface area contributed by atoms with Crippen LogP contribution in [0.3, 0.4) is 0 Å². The van der Waals surface area contributed by atoms with Gasteiger partial charge in [0.05, 0.1) is 0 Å². The van der Waals surface area contributed by atoms with Crippen LogP contribution in [-0.2, 0) is 20.9 Å². The number of hydrogen-bond acceptors (Lipinski definition) is 4. The predicted octanol–water partition coefficient (Wildman–Crippen LogP) is 1.93. The van der Waals surface area contributed by atoms with E-state index in [1.54, 1.807) is 6.92 Å². The molecule has 0 aliphatic rings. The molecule has 0 bridgehead atoms. The third kappa shape index (κ3) is 3.78. The largest absolute Gasteiger partial charge is 0.367 e. The zero-order valence-electron chi connectivity index (χ0n) is 8.23. The third-order valence-electron chi connectivity index (χ3n) is 1.61. The molecule has 0 radical (unpaired) electrons. The summed E-state index contributed by atoms with van der Waals surface area (Å²) >= 11 is 16.2. The van der Waals surface area contributed by atoms with Crippen molar-refractivity contribution in [3.63, 3.8) is 0 Å². The van der Waals surface area contributed by atoms with Crippen LogP contribution in [0.25, 0.3) is 0 Å². The number of nitrogens with zero attached hydrogens (tertiary/aromatic N) is 2. The van der Waals surface area contributed by atoms with Crippen molar-refractivity contribution in [1.82, 2.24) is 8.96 Å². The van der Waals surface area contributed by atoms with Crippen molar-refractivity contribution in [2.75, 3.05) is 6.61 Å². The monoisotopic (exact) mass is 306 g/mol.